The van der Waals surface area contributed by atoms with Gasteiger partial charge in [-0.2, -0.15) is 0 Å². The fourth-order valence-corrected chi connectivity index (χ4v) is 9.23. The molecule has 4 aliphatic heterocycles. The number of anilines is 2. The second-order valence-electron chi connectivity index (χ2n) is 11.5. The Bertz CT molecular complexity index is 1390. The van der Waals surface area contributed by atoms with Gasteiger partial charge < -0.3 is 19.8 Å². The highest BCUT2D eigenvalue weighted by Crippen LogP contribution is 2.61. The third-order valence-electron chi connectivity index (χ3n) is 8.99. The summed E-state index contributed by atoms with van der Waals surface area (Å²) in [6, 6.07) is 14.9. The Kier molecular flexibility index (Phi) is 7.55. The number of carbonyl (C=O) groups is 3. The Labute approximate surface area is 245 Å². The summed E-state index contributed by atoms with van der Waals surface area (Å²) < 4.78 is -0.842. The van der Waals surface area contributed by atoms with E-state index < -0.39 is 22.6 Å². The van der Waals surface area contributed by atoms with Gasteiger partial charge in [0.25, 0.3) is 5.91 Å². The number of thioether (sulfide) groups is 1. The van der Waals surface area contributed by atoms with Crippen LogP contribution in [0.4, 0.5) is 11.4 Å². The van der Waals surface area contributed by atoms with Gasteiger partial charge in [0.1, 0.15) is 6.04 Å². The van der Waals surface area contributed by atoms with Crippen LogP contribution < -0.4 is 9.80 Å². The maximum atomic E-state index is 14.7. The van der Waals surface area contributed by atoms with Crippen LogP contribution in [-0.4, -0.2) is 70.0 Å². The first-order valence-corrected chi connectivity index (χ1v) is 15.4. The van der Waals surface area contributed by atoms with E-state index in [-0.39, 0.29) is 29.6 Å². The fourth-order valence-electron chi connectivity index (χ4n) is 7.22. The molecule has 0 aromatic heterocycles. The number of hydrogen-bond donors (Lipinski definition) is 1. The van der Waals surface area contributed by atoms with Gasteiger partial charge in [0.15, 0.2) is 0 Å². The van der Waals surface area contributed by atoms with E-state index >= 15 is 0 Å². The molecule has 1 spiro atoms. The van der Waals surface area contributed by atoms with Gasteiger partial charge in [-0.25, -0.2) is 0 Å². The first-order valence-electron chi connectivity index (χ1n) is 14.6. The molecule has 2 fully saturated rings. The summed E-state index contributed by atoms with van der Waals surface area (Å²) in [5.74, 6) is -1.48. The molecule has 8 heteroatoms. The van der Waals surface area contributed by atoms with Crippen molar-refractivity contribution >= 4 is 40.9 Å². The summed E-state index contributed by atoms with van der Waals surface area (Å²) >= 11 is 1.61. The molecule has 214 valence electrons. The van der Waals surface area contributed by atoms with E-state index in [2.05, 4.69) is 12.2 Å². The average Bonchev–Trinajstić information content (AvgIpc) is 3.27. The molecule has 0 radical (unpaired) electrons. The van der Waals surface area contributed by atoms with Gasteiger partial charge in [-0.05, 0) is 56.4 Å². The molecule has 1 N–H and O–H groups in total. The van der Waals surface area contributed by atoms with Gasteiger partial charge in [-0.3, -0.25) is 14.4 Å². The number of benzene rings is 2. The summed E-state index contributed by atoms with van der Waals surface area (Å²) in [6.45, 7) is 5.41. The molecule has 4 heterocycles. The molecular weight excluding hydrogens is 534 g/mol. The van der Waals surface area contributed by atoms with Gasteiger partial charge in [-0.15, -0.1) is 11.8 Å². The largest absolute Gasteiger partial charge is 0.396 e. The molecule has 0 aliphatic carbocycles. The molecule has 2 saturated heterocycles. The van der Waals surface area contributed by atoms with E-state index in [0.717, 1.165) is 28.9 Å². The first-order chi connectivity index (χ1) is 19.9. The zero-order valence-corrected chi connectivity index (χ0v) is 24.4. The molecule has 4 aliphatic rings. The topological polar surface area (TPSA) is 81.2 Å². The van der Waals surface area contributed by atoms with Gasteiger partial charge in [-0.1, -0.05) is 60.7 Å². The van der Waals surface area contributed by atoms with E-state index in [1.807, 2.05) is 79.4 Å². The first kappa shape index (κ1) is 27.8. The van der Waals surface area contributed by atoms with Crippen molar-refractivity contribution in [2.45, 2.75) is 49.1 Å². The highest BCUT2D eigenvalue weighted by molar-refractivity contribution is 8.02. The van der Waals surface area contributed by atoms with Crippen LogP contribution in [0.5, 0.6) is 0 Å². The van der Waals surface area contributed by atoms with Crippen molar-refractivity contribution in [2.75, 3.05) is 36.0 Å². The number of aryl methyl sites for hydroxylation is 2. The minimum atomic E-state index is -0.842. The van der Waals surface area contributed by atoms with Crippen LogP contribution in [0.25, 0.3) is 0 Å². The lowest BCUT2D eigenvalue weighted by molar-refractivity contribution is -0.138. The lowest BCUT2D eigenvalue weighted by atomic mass is 9.78. The van der Waals surface area contributed by atoms with E-state index in [0.29, 0.717) is 32.5 Å². The Morgan fingerprint density at radius 2 is 1.59 bits per heavy atom. The third kappa shape index (κ3) is 4.52. The highest BCUT2D eigenvalue weighted by Gasteiger charge is 2.71. The predicted molar refractivity (Wildman–Crippen MR) is 163 cm³/mol. The minimum absolute atomic E-state index is 0.0634. The molecule has 0 saturated carbocycles. The lowest BCUT2D eigenvalue weighted by Gasteiger charge is -2.36. The Hall–Kier alpha value is -3.36. The normalized spacial score (nSPS) is 29.0. The molecule has 5 atom stereocenters. The number of aliphatic hydroxyl groups excluding tert-OH is 1. The van der Waals surface area contributed by atoms with Crippen molar-refractivity contribution in [3.05, 3.63) is 84.0 Å². The molecule has 2 aromatic rings. The molecule has 2 aromatic carbocycles. The van der Waals surface area contributed by atoms with Crippen molar-refractivity contribution < 1.29 is 19.5 Å². The SMILES string of the molecule is Cc1cccc(C)c1N1CC=C[C@]23S[C@@H]4C=CCN(c5ccccc5)C(=O)[C@@H]4[C@H]2C(=O)N(CCCCCO)C3C1=O. The highest BCUT2D eigenvalue weighted by atomic mass is 32.2. The summed E-state index contributed by atoms with van der Waals surface area (Å²) in [6.07, 6.45) is 10.3. The van der Waals surface area contributed by atoms with Crippen molar-refractivity contribution in [3.8, 4) is 0 Å². The zero-order valence-electron chi connectivity index (χ0n) is 23.6. The quantitative estimate of drug-likeness (QED) is 0.397. The van der Waals surface area contributed by atoms with Gasteiger partial charge >= 0.3 is 0 Å². The number of para-hydroxylation sites is 2. The Morgan fingerprint density at radius 1 is 0.854 bits per heavy atom. The van der Waals surface area contributed by atoms with E-state index in [4.69, 9.17) is 0 Å². The molecule has 3 amide bonds. The van der Waals surface area contributed by atoms with Gasteiger partial charge in [0.05, 0.1) is 16.6 Å². The number of fused-ring (bicyclic) bond motifs is 2. The fraction of sp³-hybridized carbons (Fsp3) is 0.424. The van der Waals surface area contributed by atoms with Crippen LogP contribution in [0, 0.1) is 25.7 Å². The summed E-state index contributed by atoms with van der Waals surface area (Å²) in [5, 5.41) is 9.12. The molecule has 41 heavy (non-hydrogen) atoms. The molecule has 1 unspecified atom stereocenters. The standard InChI is InChI=1S/C33H37N3O4S/c1-22-12-9-13-23(2)28(22)35-20-11-17-33-27(31(39)36(29(33)32(35)40)18-7-4-8-21-37)26-25(41-33)16-10-19-34(30(26)38)24-14-5-3-6-15-24/h3,5-6,9-17,25-27,29,37H,4,7-8,18-21H2,1-2H3/t25-,26+,27+,29?,33+/m1/s1. The molecule has 7 nitrogen and oxygen atoms in total. The maximum Gasteiger partial charge on any atom is 0.251 e. The molecule has 0 bridgehead atoms. The second kappa shape index (κ2) is 11.1. The van der Waals surface area contributed by atoms with Gasteiger partial charge in [0, 0.05) is 42.9 Å². The summed E-state index contributed by atoms with van der Waals surface area (Å²) in [4.78, 5) is 48.8. The number of unbranched alkanes of at least 4 members (excludes halogenated alkanes) is 2. The van der Waals surface area contributed by atoms with Crippen molar-refractivity contribution in [1.82, 2.24) is 4.90 Å². The van der Waals surface area contributed by atoms with Crippen molar-refractivity contribution in [1.29, 1.82) is 0 Å². The number of rotatable bonds is 7. The summed E-state index contributed by atoms with van der Waals surface area (Å²) in [5.41, 5.74) is 3.72. The zero-order chi connectivity index (χ0) is 28.7. The number of nitrogens with zero attached hydrogens (tertiary/aromatic N) is 3. The molecule has 6 rings (SSSR count). The maximum absolute atomic E-state index is 14.7. The van der Waals surface area contributed by atoms with Crippen LogP contribution in [0.15, 0.2) is 72.8 Å². The number of amides is 3. The average molecular weight is 572 g/mol. The Balaban J connectivity index is 1.43. The van der Waals surface area contributed by atoms with Crippen molar-refractivity contribution in [2.24, 2.45) is 11.8 Å². The number of carbonyl (C=O) groups excluding carboxylic acids is 3. The van der Waals surface area contributed by atoms with Crippen LogP contribution >= 0.6 is 11.8 Å². The molecular formula is C33H37N3O4S. The minimum Gasteiger partial charge on any atom is -0.396 e. The lowest BCUT2D eigenvalue weighted by Crippen LogP contribution is -2.53. The van der Waals surface area contributed by atoms with E-state index in [9.17, 15) is 19.5 Å². The van der Waals surface area contributed by atoms with Crippen LogP contribution in [0.1, 0.15) is 30.4 Å². The van der Waals surface area contributed by atoms with Crippen LogP contribution in [0.2, 0.25) is 0 Å². The second-order valence-corrected chi connectivity index (χ2v) is 12.9. The number of hydrogen-bond acceptors (Lipinski definition) is 5. The monoisotopic (exact) mass is 571 g/mol. The smallest absolute Gasteiger partial charge is 0.251 e. The van der Waals surface area contributed by atoms with Crippen LogP contribution in [0.3, 0.4) is 0 Å². The van der Waals surface area contributed by atoms with E-state index in [1.54, 1.807) is 21.6 Å². The number of likely N-dealkylation sites (tertiary alicyclic amines) is 1. The Morgan fingerprint density at radius 3 is 2.32 bits per heavy atom. The van der Waals surface area contributed by atoms with Crippen LogP contribution in [-0.2, 0) is 14.4 Å². The summed E-state index contributed by atoms with van der Waals surface area (Å²) in [7, 11) is 0. The van der Waals surface area contributed by atoms with Crippen molar-refractivity contribution in [3.63, 3.8) is 0 Å². The number of aliphatic hydroxyl groups is 1. The van der Waals surface area contributed by atoms with E-state index in [1.165, 1.54) is 0 Å². The predicted octanol–water partition coefficient (Wildman–Crippen LogP) is 4.27. The van der Waals surface area contributed by atoms with Gasteiger partial charge in [0.2, 0.25) is 11.8 Å². The third-order valence-corrected chi connectivity index (χ3v) is 10.7.